The van der Waals surface area contributed by atoms with Gasteiger partial charge in [-0.25, -0.2) is 0 Å². The molecule has 2 aliphatic carbocycles. The zero-order valence-electron chi connectivity index (χ0n) is 9.31. The monoisotopic (exact) mass is 198 g/mol. The number of aryl methyl sites for hydroxylation is 1. The first-order valence-corrected chi connectivity index (χ1v) is 6.32. The SMILES string of the molecule is [C]1CCc2c1ccc1c2CCCCCC1. The quantitative estimate of drug-likeness (QED) is 0.596. The summed E-state index contributed by atoms with van der Waals surface area (Å²) in [5, 5.41) is 0. The Hall–Kier alpha value is -0.780. The zero-order chi connectivity index (χ0) is 10.1. The van der Waals surface area contributed by atoms with Crippen LogP contribution in [0.15, 0.2) is 12.1 Å². The predicted octanol–water partition coefficient (Wildman–Crippen LogP) is 3.72. The van der Waals surface area contributed by atoms with Crippen molar-refractivity contribution in [1.82, 2.24) is 0 Å². The van der Waals surface area contributed by atoms with Crippen LogP contribution in [0, 0.1) is 6.42 Å². The van der Waals surface area contributed by atoms with E-state index in [1.807, 2.05) is 0 Å². The lowest BCUT2D eigenvalue weighted by Gasteiger charge is -2.17. The number of hydrogen-bond donors (Lipinski definition) is 0. The number of benzene rings is 1. The van der Waals surface area contributed by atoms with Gasteiger partial charge in [0, 0.05) is 6.42 Å². The molecule has 0 aliphatic heterocycles. The van der Waals surface area contributed by atoms with Gasteiger partial charge in [-0.1, -0.05) is 25.0 Å². The van der Waals surface area contributed by atoms with Gasteiger partial charge in [-0.15, -0.1) is 0 Å². The van der Waals surface area contributed by atoms with Crippen LogP contribution in [0.4, 0.5) is 0 Å². The molecule has 3 rings (SSSR count). The van der Waals surface area contributed by atoms with Gasteiger partial charge in [0.25, 0.3) is 0 Å². The number of rotatable bonds is 0. The van der Waals surface area contributed by atoms with Gasteiger partial charge >= 0.3 is 0 Å². The molecular formula is C15H18. The summed E-state index contributed by atoms with van der Waals surface area (Å²) in [4.78, 5) is 0. The molecule has 0 spiro atoms. The molecule has 0 saturated carbocycles. The van der Waals surface area contributed by atoms with Crippen LogP contribution in [0.2, 0.25) is 0 Å². The average Bonchev–Trinajstić information content (AvgIpc) is 2.65. The molecule has 1 aromatic carbocycles. The minimum absolute atomic E-state index is 1.14. The Labute approximate surface area is 92.7 Å². The van der Waals surface area contributed by atoms with E-state index >= 15 is 0 Å². The second-order valence-electron chi connectivity index (χ2n) is 4.82. The largest absolute Gasteiger partial charge is 0.0585 e. The first kappa shape index (κ1) is 9.45. The van der Waals surface area contributed by atoms with Gasteiger partial charge in [-0.2, -0.15) is 0 Å². The molecule has 0 saturated heterocycles. The third-order valence-electron chi connectivity index (χ3n) is 3.84. The molecule has 0 heterocycles. The van der Waals surface area contributed by atoms with Crippen LogP contribution in [-0.4, -0.2) is 0 Å². The standard InChI is InChI=1S/C15H18/c1-2-4-8-14-12(6-3-1)10-11-13-7-5-9-15(13)14/h10-11H,1-6,8-9H2. The van der Waals surface area contributed by atoms with Crippen molar-refractivity contribution in [2.75, 3.05) is 0 Å². The molecule has 0 unspecified atom stereocenters. The van der Waals surface area contributed by atoms with Crippen molar-refractivity contribution in [3.05, 3.63) is 40.8 Å². The molecule has 2 aliphatic rings. The Morgan fingerprint density at radius 1 is 0.800 bits per heavy atom. The predicted molar refractivity (Wildman–Crippen MR) is 63.0 cm³/mol. The van der Waals surface area contributed by atoms with E-state index in [1.54, 1.807) is 16.7 Å². The molecule has 0 bridgehead atoms. The summed E-state index contributed by atoms with van der Waals surface area (Å²) in [5.74, 6) is 0. The second kappa shape index (κ2) is 4.00. The van der Waals surface area contributed by atoms with Crippen molar-refractivity contribution in [1.29, 1.82) is 0 Å². The minimum Gasteiger partial charge on any atom is -0.0585 e. The molecule has 0 nitrogen and oxygen atoms in total. The van der Waals surface area contributed by atoms with Gasteiger partial charge in [0.05, 0.1) is 0 Å². The first-order valence-electron chi connectivity index (χ1n) is 6.32. The molecule has 2 radical (unpaired) electrons. The summed E-state index contributed by atoms with van der Waals surface area (Å²) < 4.78 is 0. The van der Waals surface area contributed by atoms with Gasteiger partial charge in [0.2, 0.25) is 0 Å². The van der Waals surface area contributed by atoms with Crippen molar-refractivity contribution in [3.8, 4) is 0 Å². The topological polar surface area (TPSA) is 0 Å². The van der Waals surface area contributed by atoms with Crippen LogP contribution in [-0.2, 0) is 19.3 Å². The summed E-state index contributed by atoms with van der Waals surface area (Å²) in [7, 11) is 0. The minimum atomic E-state index is 1.14. The molecule has 0 amide bonds. The lowest BCUT2D eigenvalue weighted by molar-refractivity contribution is 0.614. The van der Waals surface area contributed by atoms with Crippen LogP contribution < -0.4 is 0 Å². The van der Waals surface area contributed by atoms with E-state index in [9.17, 15) is 0 Å². The van der Waals surface area contributed by atoms with Crippen molar-refractivity contribution in [3.63, 3.8) is 0 Å². The molecule has 0 aromatic heterocycles. The van der Waals surface area contributed by atoms with Gasteiger partial charge in [0.1, 0.15) is 0 Å². The van der Waals surface area contributed by atoms with Gasteiger partial charge < -0.3 is 0 Å². The molecule has 1 aromatic rings. The molecule has 0 heteroatoms. The summed E-state index contributed by atoms with van der Waals surface area (Å²) >= 11 is 0. The summed E-state index contributed by atoms with van der Waals surface area (Å²) in [6.45, 7) is 0. The highest BCUT2D eigenvalue weighted by Crippen LogP contribution is 2.32. The maximum Gasteiger partial charge on any atom is 0.0171 e. The normalized spacial score (nSPS) is 20.3. The highest BCUT2D eigenvalue weighted by atomic mass is 14.2. The summed E-state index contributed by atoms with van der Waals surface area (Å²) in [5.41, 5.74) is 6.37. The summed E-state index contributed by atoms with van der Waals surface area (Å²) in [6, 6.07) is 4.65. The number of hydrogen-bond acceptors (Lipinski definition) is 0. The Bertz CT molecular complexity index is 363. The van der Waals surface area contributed by atoms with E-state index in [0.717, 1.165) is 6.42 Å². The lowest BCUT2D eigenvalue weighted by Crippen LogP contribution is -2.03. The fourth-order valence-corrected chi connectivity index (χ4v) is 3.03. The average molecular weight is 198 g/mol. The Morgan fingerprint density at radius 2 is 1.67 bits per heavy atom. The van der Waals surface area contributed by atoms with Crippen LogP contribution in [0.5, 0.6) is 0 Å². The van der Waals surface area contributed by atoms with E-state index in [0.29, 0.717) is 0 Å². The van der Waals surface area contributed by atoms with Gasteiger partial charge in [-0.05, 0) is 60.8 Å². The van der Waals surface area contributed by atoms with E-state index < -0.39 is 0 Å². The maximum atomic E-state index is 3.49. The van der Waals surface area contributed by atoms with Crippen LogP contribution in [0.25, 0.3) is 0 Å². The Balaban J connectivity index is 2.04. The van der Waals surface area contributed by atoms with Gasteiger partial charge in [0.15, 0.2) is 0 Å². The molecule has 15 heavy (non-hydrogen) atoms. The van der Waals surface area contributed by atoms with Crippen molar-refractivity contribution >= 4 is 0 Å². The highest BCUT2D eigenvalue weighted by Gasteiger charge is 2.18. The third-order valence-corrected chi connectivity index (χ3v) is 3.84. The molecule has 0 fully saturated rings. The lowest BCUT2D eigenvalue weighted by atomic mass is 9.88. The van der Waals surface area contributed by atoms with Crippen LogP contribution in [0.1, 0.15) is 54.4 Å². The smallest absolute Gasteiger partial charge is 0.0171 e. The van der Waals surface area contributed by atoms with Crippen molar-refractivity contribution in [2.45, 2.75) is 51.4 Å². The molecule has 78 valence electrons. The van der Waals surface area contributed by atoms with Gasteiger partial charge in [-0.3, -0.25) is 0 Å². The van der Waals surface area contributed by atoms with Crippen LogP contribution in [0.3, 0.4) is 0 Å². The van der Waals surface area contributed by atoms with Crippen LogP contribution >= 0.6 is 0 Å². The summed E-state index contributed by atoms with van der Waals surface area (Å²) in [6.07, 6.45) is 14.1. The van der Waals surface area contributed by atoms with E-state index in [-0.39, 0.29) is 0 Å². The molecule has 0 N–H and O–H groups in total. The molecule has 0 atom stereocenters. The fourth-order valence-electron chi connectivity index (χ4n) is 3.03. The van der Waals surface area contributed by atoms with E-state index in [4.69, 9.17) is 0 Å². The second-order valence-corrected chi connectivity index (χ2v) is 4.82. The molecular weight excluding hydrogens is 180 g/mol. The van der Waals surface area contributed by atoms with Crippen molar-refractivity contribution < 1.29 is 0 Å². The Kier molecular flexibility index (Phi) is 2.52. The number of fused-ring (bicyclic) bond motifs is 3. The van der Waals surface area contributed by atoms with Crippen molar-refractivity contribution in [2.24, 2.45) is 0 Å². The third kappa shape index (κ3) is 1.71. The fraction of sp³-hybridized carbons (Fsp3) is 0.533. The van der Waals surface area contributed by atoms with E-state index in [1.165, 1.54) is 50.5 Å². The maximum absolute atomic E-state index is 3.49. The zero-order valence-corrected chi connectivity index (χ0v) is 9.31. The highest BCUT2D eigenvalue weighted by molar-refractivity contribution is 5.47. The first-order chi connectivity index (χ1) is 7.45. The van der Waals surface area contributed by atoms with E-state index in [2.05, 4.69) is 18.6 Å². The Morgan fingerprint density at radius 3 is 2.60 bits per heavy atom.